The monoisotopic (exact) mass is 225 g/mol. The zero-order valence-electron chi connectivity index (χ0n) is 8.92. The molecular formula is C12H16FNS. The summed E-state index contributed by atoms with van der Waals surface area (Å²) in [7, 11) is 0. The van der Waals surface area contributed by atoms with E-state index >= 15 is 0 Å². The summed E-state index contributed by atoms with van der Waals surface area (Å²) in [5, 5.41) is 0. The minimum atomic E-state index is -0.160. The van der Waals surface area contributed by atoms with E-state index in [9.17, 15) is 4.39 Å². The Morgan fingerprint density at radius 1 is 1.47 bits per heavy atom. The number of thioether (sulfide) groups is 1. The molecule has 0 aliphatic heterocycles. The molecule has 15 heavy (non-hydrogen) atoms. The first-order valence-corrected chi connectivity index (χ1v) is 6.12. The molecule has 2 N–H and O–H groups in total. The van der Waals surface area contributed by atoms with Crippen LogP contribution in [-0.2, 0) is 0 Å². The molecule has 3 heteroatoms. The van der Waals surface area contributed by atoms with E-state index in [1.165, 1.54) is 30.2 Å². The number of benzene rings is 1. The molecule has 1 aromatic rings. The molecule has 0 saturated heterocycles. The lowest BCUT2D eigenvalue weighted by Gasteiger charge is -2.40. The van der Waals surface area contributed by atoms with E-state index in [1.807, 2.05) is 24.8 Å². The average Bonchev–Trinajstić information content (AvgIpc) is 2.14. The van der Waals surface area contributed by atoms with Crippen LogP contribution < -0.4 is 5.73 Å². The first kappa shape index (κ1) is 11.0. The lowest BCUT2D eigenvalue weighted by molar-refractivity contribution is 0.371. The number of aryl methyl sites for hydroxylation is 1. The lowest BCUT2D eigenvalue weighted by Crippen LogP contribution is -2.41. The van der Waals surface area contributed by atoms with Crippen molar-refractivity contribution >= 4 is 11.8 Å². The van der Waals surface area contributed by atoms with Gasteiger partial charge in [0, 0.05) is 16.2 Å². The van der Waals surface area contributed by atoms with Crippen molar-refractivity contribution in [3.05, 3.63) is 29.6 Å². The Morgan fingerprint density at radius 2 is 2.20 bits per heavy atom. The van der Waals surface area contributed by atoms with Crippen LogP contribution in [0.3, 0.4) is 0 Å². The van der Waals surface area contributed by atoms with Gasteiger partial charge in [-0.2, -0.15) is 0 Å². The van der Waals surface area contributed by atoms with Crippen LogP contribution >= 0.6 is 11.8 Å². The third kappa shape index (κ3) is 2.18. The molecule has 0 spiro atoms. The molecule has 1 nitrogen and oxygen atoms in total. The summed E-state index contributed by atoms with van der Waals surface area (Å²) in [4.78, 5) is 1.17. The Balaban J connectivity index is 2.16. The lowest BCUT2D eigenvalue weighted by atomic mass is 9.84. The van der Waals surface area contributed by atoms with E-state index in [2.05, 4.69) is 0 Å². The van der Waals surface area contributed by atoms with Gasteiger partial charge in [0.05, 0.1) is 0 Å². The van der Waals surface area contributed by atoms with E-state index in [0.717, 1.165) is 5.56 Å². The van der Waals surface area contributed by atoms with E-state index in [1.54, 1.807) is 6.07 Å². The highest BCUT2D eigenvalue weighted by molar-refractivity contribution is 8.00. The van der Waals surface area contributed by atoms with Crippen molar-refractivity contribution in [1.29, 1.82) is 0 Å². The molecule has 1 aliphatic rings. The standard InChI is InChI=1S/C12H16FNS/c1-9-7-10(13)3-4-11(9)15-12(8-14)5-2-6-12/h3-4,7H,2,5-6,8,14H2,1H3. The highest BCUT2D eigenvalue weighted by Gasteiger charge is 2.36. The molecule has 2 rings (SSSR count). The second-order valence-corrected chi connectivity index (χ2v) is 5.76. The molecule has 1 aromatic carbocycles. The molecule has 0 unspecified atom stereocenters. The Morgan fingerprint density at radius 3 is 2.67 bits per heavy atom. The van der Waals surface area contributed by atoms with Gasteiger partial charge in [0.15, 0.2) is 0 Å². The largest absolute Gasteiger partial charge is 0.329 e. The molecule has 0 amide bonds. The van der Waals surface area contributed by atoms with Crippen LogP contribution in [0.25, 0.3) is 0 Å². The van der Waals surface area contributed by atoms with Crippen molar-refractivity contribution < 1.29 is 4.39 Å². The van der Waals surface area contributed by atoms with Gasteiger partial charge in [0.2, 0.25) is 0 Å². The predicted molar refractivity (Wildman–Crippen MR) is 62.6 cm³/mol. The summed E-state index contributed by atoms with van der Waals surface area (Å²) >= 11 is 1.82. The minimum absolute atomic E-state index is 0.160. The zero-order chi connectivity index (χ0) is 10.9. The minimum Gasteiger partial charge on any atom is -0.329 e. The summed E-state index contributed by atoms with van der Waals surface area (Å²) < 4.78 is 13.1. The summed E-state index contributed by atoms with van der Waals surface area (Å²) in [5.74, 6) is -0.160. The summed E-state index contributed by atoms with van der Waals surface area (Å²) in [6.07, 6.45) is 3.64. The van der Waals surface area contributed by atoms with Crippen LogP contribution in [0.1, 0.15) is 24.8 Å². The molecule has 1 fully saturated rings. The Kier molecular flexibility index (Phi) is 3.03. The number of nitrogens with two attached hydrogens (primary N) is 1. The SMILES string of the molecule is Cc1cc(F)ccc1SC1(CN)CCC1. The molecule has 0 aromatic heterocycles. The number of rotatable bonds is 3. The first-order chi connectivity index (χ1) is 7.15. The molecule has 0 bridgehead atoms. The maximum Gasteiger partial charge on any atom is 0.123 e. The Bertz CT molecular complexity index is 355. The van der Waals surface area contributed by atoms with Gasteiger partial charge in [-0.1, -0.05) is 6.42 Å². The second kappa shape index (κ2) is 4.14. The average molecular weight is 225 g/mol. The molecule has 1 saturated carbocycles. The first-order valence-electron chi connectivity index (χ1n) is 5.30. The molecular weight excluding hydrogens is 209 g/mol. The van der Waals surface area contributed by atoms with Gasteiger partial charge < -0.3 is 5.73 Å². The Hall–Kier alpha value is -0.540. The van der Waals surface area contributed by atoms with Crippen molar-refractivity contribution in [2.45, 2.75) is 35.8 Å². The van der Waals surface area contributed by atoms with E-state index < -0.39 is 0 Å². The van der Waals surface area contributed by atoms with E-state index in [-0.39, 0.29) is 10.6 Å². The van der Waals surface area contributed by atoms with Crippen LogP contribution in [0.15, 0.2) is 23.1 Å². The van der Waals surface area contributed by atoms with E-state index in [4.69, 9.17) is 5.73 Å². The molecule has 0 radical (unpaired) electrons. The Labute approximate surface area is 94.2 Å². The third-order valence-electron chi connectivity index (χ3n) is 3.10. The number of hydrogen-bond donors (Lipinski definition) is 1. The summed E-state index contributed by atoms with van der Waals surface area (Å²) in [6.45, 7) is 2.67. The fraction of sp³-hybridized carbons (Fsp3) is 0.500. The second-order valence-electron chi connectivity index (χ2n) is 4.25. The molecule has 0 heterocycles. The normalized spacial score (nSPS) is 18.6. The van der Waals surface area contributed by atoms with Crippen molar-refractivity contribution in [3.8, 4) is 0 Å². The zero-order valence-corrected chi connectivity index (χ0v) is 9.74. The van der Waals surface area contributed by atoms with Crippen LogP contribution in [0.4, 0.5) is 4.39 Å². The summed E-state index contributed by atoms with van der Waals surface area (Å²) in [5.41, 5.74) is 6.82. The fourth-order valence-electron chi connectivity index (χ4n) is 1.88. The quantitative estimate of drug-likeness (QED) is 0.855. The van der Waals surface area contributed by atoms with Crippen molar-refractivity contribution in [2.75, 3.05) is 6.54 Å². The van der Waals surface area contributed by atoms with Gasteiger partial charge in [-0.05, 0) is 43.5 Å². The maximum atomic E-state index is 12.9. The van der Waals surface area contributed by atoms with Crippen molar-refractivity contribution in [1.82, 2.24) is 0 Å². The van der Waals surface area contributed by atoms with Crippen LogP contribution in [0, 0.1) is 12.7 Å². The smallest absolute Gasteiger partial charge is 0.123 e. The number of halogens is 1. The predicted octanol–water partition coefficient (Wildman–Crippen LogP) is 3.11. The molecule has 0 atom stereocenters. The highest BCUT2D eigenvalue weighted by Crippen LogP contribution is 2.47. The van der Waals surface area contributed by atoms with Crippen LogP contribution in [-0.4, -0.2) is 11.3 Å². The fourth-order valence-corrected chi connectivity index (χ4v) is 3.28. The van der Waals surface area contributed by atoms with Gasteiger partial charge >= 0.3 is 0 Å². The topological polar surface area (TPSA) is 26.0 Å². The van der Waals surface area contributed by atoms with Gasteiger partial charge in [-0.15, -0.1) is 11.8 Å². The highest BCUT2D eigenvalue weighted by atomic mass is 32.2. The van der Waals surface area contributed by atoms with Gasteiger partial charge in [0.1, 0.15) is 5.82 Å². The third-order valence-corrected chi connectivity index (χ3v) is 4.79. The van der Waals surface area contributed by atoms with Crippen LogP contribution in [0.2, 0.25) is 0 Å². The van der Waals surface area contributed by atoms with Gasteiger partial charge in [-0.25, -0.2) is 4.39 Å². The van der Waals surface area contributed by atoms with Gasteiger partial charge in [-0.3, -0.25) is 0 Å². The van der Waals surface area contributed by atoms with E-state index in [0.29, 0.717) is 6.54 Å². The molecule has 82 valence electrons. The number of hydrogen-bond acceptors (Lipinski definition) is 2. The van der Waals surface area contributed by atoms with Crippen LogP contribution in [0.5, 0.6) is 0 Å². The van der Waals surface area contributed by atoms with Gasteiger partial charge in [0.25, 0.3) is 0 Å². The molecule has 1 aliphatic carbocycles. The van der Waals surface area contributed by atoms with Crippen molar-refractivity contribution in [2.24, 2.45) is 5.73 Å². The van der Waals surface area contributed by atoms with Crippen molar-refractivity contribution in [3.63, 3.8) is 0 Å². The summed E-state index contributed by atoms with van der Waals surface area (Å²) in [6, 6.07) is 4.98. The maximum absolute atomic E-state index is 12.9.